The van der Waals surface area contributed by atoms with Gasteiger partial charge in [0.05, 0.1) is 11.6 Å². The van der Waals surface area contributed by atoms with Crippen molar-refractivity contribution in [1.29, 1.82) is 0 Å². The number of thiophene rings is 1. The summed E-state index contributed by atoms with van der Waals surface area (Å²) in [6, 6.07) is 1.71. The fraction of sp³-hybridized carbons (Fsp3) is 0.500. The van der Waals surface area contributed by atoms with E-state index in [1.165, 1.54) is 22.8 Å². The number of nitrogens with zero attached hydrogens (tertiary/aromatic N) is 1. The topological polar surface area (TPSA) is 72.6 Å². The van der Waals surface area contributed by atoms with Gasteiger partial charge in [-0.2, -0.15) is 4.31 Å². The Morgan fingerprint density at radius 1 is 1.58 bits per heavy atom. The van der Waals surface area contributed by atoms with Crippen LogP contribution in [-0.4, -0.2) is 44.5 Å². The van der Waals surface area contributed by atoms with Gasteiger partial charge in [-0.1, -0.05) is 12.2 Å². The van der Waals surface area contributed by atoms with Crippen molar-refractivity contribution in [1.82, 2.24) is 4.31 Å². The molecular formula is C10H15BrN2O3S3. The highest BCUT2D eigenvalue weighted by atomic mass is 79.9. The molecule has 1 aromatic rings. The third-order valence-corrected chi connectivity index (χ3v) is 7.06. The SMILES string of the molecule is COCCN(CCC(N)=S)S(=O)(=O)c1sccc1Br. The van der Waals surface area contributed by atoms with Crippen molar-refractivity contribution in [2.75, 3.05) is 26.8 Å². The van der Waals surface area contributed by atoms with Gasteiger partial charge in [0.25, 0.3) is 10.0 Å². The summed E-state index contributed by atoms with van der Waals surface area (Å²) in [6.07, 6.45) is 0.348. The number of rotatable bonds is 8. The first kappa shape index (κ1) is 17.0. The molecule has 0 amide bonds. The highest BCUT2D eigenvalue weighted by Crippen LogP contribution is 2.30. The standard InChI is InChI=1S/C10H15BrN2O3S3/c1-16-6-5-13(4-2-9(12)17)19(14,15)10-8(11)3-7-18-10/h3,7H,2,4-6H2,1H3,(H2,12,17). The predicted octanol–water partition coefficient (Wildman–Crippen LogP) is 1.82. The molecule has 0 aliphatic heterocycles. The van der Waals surface area contributed by atoms with Gasteiger partial charge in [0.1, 0.15) is 4.21 Å². The second-order valence-electron chi connectivity index (χ2n) is 3.67. The van der Waals surface area contributed by atoms with Gasteiger partial charge in [-0.25, -0.2) is 8.42 Å². The van der Waals surface area contributed by atoms with Crippen LogP contribution in [0.25, 0.3) is 0 Å². The maximum absolute atomic E-state index is 12.5. The highest BCUT2D eigenvalue weighted by Gasteiger charge is 2.27. The average molecular weight is 387 g/mol. The summed E-state index contributed by atoms with van der Waals surface area (Å²) >= 11 is 9.21. The summed E-state index contributed by atoms with van der Waals surface area (Å²) in [5.74, 6) is 0. The molecule has 2 N–H and O–H groups in total. The molecule has 1 heterocycles. The zero-order valence-electron chi connectivity index (χ0n) is 10.3. The molecule has 0 atom stereocenters. The van der Waals surface area contributed by atoms with Crippen LogP contribution in [0.3, 0.4) is 0 Å². The van der Waals surface area contributed by atoms with Crippen LogP contribution in [0.4, 0.5) is 0 Å². The van der Waals surface area contributed by atoms with Crippen LogP contribution in [0.5, 0.6) is 0 Å². The van der Waals surface area contributed by atoms with E-state index in [2.05, 4.69) is 15.9 Å². The molecule has 19 heavy (non-hydrogen) atoms. The van der Waals surface area contributed by atoms with Gasteiger partial charge < -0.3 is 10.5 Å². The maximum atomic E-state index is 12.5. The number of methoxy groups -OCH3 is 1. The van der Waals surface area contributed by atoms with E-state index >= 15 is 0 Å². The lowest BCUT2D eigenvalue weighted by Crippen LogP contribution is -2.36. The van der Waals surface area contributed by atoms with Crippen LogP contribution in [0.2, 0.25) is 0 Å². The van der Waals surface area contributed by atoms with Gasteiger partial charge in [0.2, 0.25) is 0 Å². The molecule has 0 aliphatic carbocycles. The predicted molar refractivity (Wildman–Crippen MR) is 84.1 cm³/mol. The van der Waals surface area contributed by atoms with E-state index in [1.54, 1.807) is 11.4 Å². The molecule has 1 rings (SSSR count). The van der Waals surface area contributed by atoms with Crippen molar-refractivity contribution in [3.8, 4) is 0 Å². The van der Waals surface area contributed by atoms with Crippen LogP contribution >= 0.6 is 39.5 Å². The molecular weight excluding hydrogens is 372 g/mol. The van der Waals surface area contributed by atoms with E-state index in [0.717, 1.165) is 0 Å². The largest absolute Gasteiger partial charge is 0.393 e. The minimum absolute atomic E-state index is 0.255. The number of nitrogens with two attached hydrogens (primary N) is 1. The summed E-state index contributed by atoms with van der Waals surface area (Å²) in [7, 11) is -2.02. The third kappa shape index (κ3) is 4.76. The van der Waals surface area contributed by atoms with Gasteiger partial charge in [-0.15, -0.1) is 11.3 Å². The molecule has 9 heteroatoms. The summed E-state index contributed by atoms with van der Waals surface area (Å²) in [5.41, 5.74) is 5.43. The Labute approximate surface area is 130 Å². The van der Waals surface area contributed by atoms with Gasteiger partial charge >= 0.3 is 0 Å². The second-order valence-corrected chi connectivity index (χ2v) is 8.10. The first-order valence-electron chi connectivity index (χ1n) is 5.40. The Kier molecular flexibility index (Phi) is 6.84. The zero-order valence-corrected chi connectivity index (χ0v) is 14.4. The Bertz CT molecular complexity index is 530. The molecule has 0 saturated heterocycles. The minimum Gasteiger partial charge on any atom is -0.393 e. The molecule has 0 aliphatic rings. The van der Waals surface area contributed by atoms with Crippen LogP contribution in [-0.2, 0) is 14.8 Å². The molecule has 1 aromatic heterocycles. The fourth-order valence-corrected chi connectivity index (χ4v) is 5.33. The number of halogens is 1. The van der Waals surface area contributed by atoms with Crippen molar-refractivity contribution in [3.05, 3.63) is 15.9 Å². The van der Waals surface area contributed by atoms with Crippen molar-refractivity contribution >= 4 is 54.5 Å². The summed E-state index contributed by atoms with van der Waals surface area (Å²) in [6.45, 7) is 0.844. The van der Waals surface area contributed by atoms with E-state index in [4.69, 9.17) is 22.7 Å². The number of hydrogen-bond donors (Lipinski definition) is 1. The normalized spacial score (nSPS) is 11.9. The second kappa shape index (κ2) is 7.65. The Balaban J connectivity index is 2.95. The lowest BCUT2D eigenvalue weighted by atomic mass is 10.4. The minimum atomic E-state index is -3.55. The first-order chi connectivity index (χ1) is 8.89. The van der Waals surface area contributed by atoms with Crippen LogP contribution in [0.1, 0.15) is 6.42 Å². The van der Waals surface area contributed by atoms with E-state index < -0.39 is 10.0 Å². The lowest BCUT2D eigenvalue weighted by Gasteiger charge is -2.21. The molecule has 0 radical (unpaired) electrons. The molecule has 0 fully saturated rings. The Morgan fingerprint density at radius 2 is 2.26 bits per heavy atom. The number of hydrogen-bond acceptors (Lipinski definition) is 5. The first-order valence-corrected chi connectivity index (χ1v) is 8.92. The number of ether oxygens (including phenoxy) is 1. The van der Waals surface area contributed by atoms with E-state index in [1.807, 2.05) is 0 Å². The molecule has 108 valence electrons. The molecule has 0 unspecified atom stereocenters. The van der Waals surface area contributed by atoms with Crippen molar-refractivity contribution in [2.45, 2.75) is 10.6 Å². The molecule has 0 spiro atoms. The highest BCUT2D eigenvalue weighted by molar-refractivity contribution is 9.10. The zero-order chi connectivity index (χ0) is 14.5. The molecule has 5 nitrogen and oxygen atoms in total. The van der Waals surface area contributed by atoms with E-state index in [0.29, 0.717) is 22.5 Å². The van der Waals surface area contributed by atoms with Crippen LogP contribution < -0.4 is 5.73 Å². The lowest BCUT2D eigenvalue weighted by molar-refractivity contribution is 0.180. The van der Waals surface area contributed by atoms with Crippen LogP contribution in [0.15, 0.2) is 20.1 Å². The summed E-state index contributed by atoms with van der Waals surface area (Å²) < 4.78 is 32.1. The summed E-state index contributed by atoms with van der Waals surface area (Å²) in [5, 5.41) is 1.72. The van der Waals surface area contributed by atoms with Crippen molar-refractivity contribution < 1.29 is 13.2 Å². The Hall–Kier alpha value is -0.0600. The Morgan fingerprint density at radius 3 is 2.74 bits per heavy atom. The fourth-order valence-electron chi connectivity index (χ4n) is 1.36. The van der Waals surface area contributed by atoms with Gasteiger partial charge in [0.15, 0.2) is 0 Å². The monoisotopic (exact) mass is 386 g/mol. The maximum Gasteiger partial charge on any atom is 0.253 e. The number of sulfonamides is 1. The van der Waals surface area contributed by atoms with Crippen LogP contribution in [0, 0.1) is 0 Å². The van der Waals surface area contributed by atoms with Gasteiger partial charge in [-0.05, 0) is 27.4 Å². The number of thiocarbonyl (C=S) groups is 1. The molecule has 0 bridgehead atoms. The van der Waals surface area contributed by atoms with Gasteiger partial charge in [0, 0.05) is 31.1 Å². The molecule has 0 saturated carbocycles. The molecule has 0 aromatic carbocycles. The van der Waals surface area contributed by atoms with Gasteiger partial charge in [-0.3, -0.25) is 0 Å². The summed E-state index contributed by atoms with van der Waals surface area (Å²) in [4.78, 5) is 0.294. The smallest absolute Gasteiger partial charge is 0.253 e. The van der Waals surface area contributed by atoms with E-state index in [9.17, 15) is 8.42 Å². The third-order valence-electron chi connectivity index (χ3n) is 2.31. The average Bonchev–Trinajstić information content (AvgIpc) is 2.75. The quantitative estimate of drug-likeness (QED) is 0.689. The van der Waals surface area contributed by atoms with Crippen molar-refractivity contribution in [3.63, 3.8) is 0 Å². The van der Waals surface area contributed by atoms with E-state index in [-0.39, 0.29) is 17.3 Å². The van der Waals surface area contributed by atoms with Crippen molar-refractivity contribution in [2.24, 2.45) is 5.73 Å².